The predicted octanol–water partition coefficient (Wildman–Crippen LogP) is 11.6. The molecule has 8 rings (SSSR count). The zero-order valence-electron chi connectivity index (χ0n) is 32.2. The average molecular weight is 817 g/mol. The number of hydrogen-bond acceptors (Lipinski definition) is 20. The standard InChI is InChI=1S/2C3H3NO.2C3H3NS.2C2H2N2O.2C2H2N2S.6C2H6.CH4/c4*1-2-5-3-4-1;1-3-2-5-4-1;1-2-5-4-3-1;1-3-2-5-4-1;1-2-5-4-3-1;6*1-2;/h4*1-3H;4*1-2H;6*1-2H3;1H4. The Balaban J connectivity index is -0.0000000875. The van der Waals surface area contributed by atoms with Crippen molar-refractivity contribution in [3.63, 3.8) is 0 Å². The van der Waals surface area contributed by atoms with Gasteiger partial charge in [0.25, 0.3) is 0 Å². The Morgan fingerprint density at radius 3 is 1.11 bits per heavy atom. The van der Waals surface area contributed by atoms with Crippen LogP contribution in [0, 0.1) is 0 Å². The fraction of sp³-hybridized carbons (Fsp3) is 0.394. The van der Waals surface area contributed by atoms with E-state index in [0.29, 0.717) is 0 Å². The Hall–Kier alpha value is -4.92. The van der Waals surface area contributed by atoms with Gasteiger partial charge in [0.2, 0.25) is 6.39 Å². The van der Waals surface area contributed by atoms with Crippen LogP contribution in [0.3, 0.4) is 0 Å². The molecule has 0 aromatic carbocycles. The van der Waals surface area contributed by atoms with Crippen molar-refractivity contribution in [2.75, 3.05) is 0 Å². The first-order chi connectivity index (χ1) is 26.0. The van der Waals surface area contributed by atoms with Gasteiger partial charge in [-0.3, -0.25) is 9.97 Å². The lowest BCUT2D eigenvalue weighted by atomic mass is 11.0. The first-order valence-corrected chi connectivity index (χ1v) is 19.6. The molecular weight excluding hydrogens is 757 g/mol. The van der Waals surface area contributed by atoms with E-state index in [1.807, 2.05) is 99.2 Å². The van der Waals surface area contributed by atoms with E-state index in [9.17, 15) is 0 Å². The summed E-state index contributed by atoms with van der Waals surface area (Å²) in [6.45, 7) is 24.0. The van der Waals surface area contributed by atoms with E-state index in [1.54, 1.807) is 70.2 Å². The molecule has 0 fully saturated rings. The summed E-state index contributed by atoms with van der Waals surface area (Å²) in [6, 6.07) is 0. The van der Waals surface area contributed by atoms with Crippen molar-refractivity contribution >= 4 is 45.7 Å². The van der Waals surface area contributed by atoms with E-state index in [2.05, 4.69) is 77.3 Å². The molecule has 0 amide bonds. The second-order valence-corrected chi connectivity index (χ2v) is 7.83. The van der Waals surface area contributed by atoms with Crippen LogP contribution in [0.4, 0.5) is 0 Å². The summed E-state index contributed by atoms with van der Waals surface area (Å²) in [4.78, 5) is 21.7. The van der Waals surface area contributed by atoms with Gasteiger partial charge >= 0.3 is 0 Å². The highest BCUT2D eigenvalue weighted by molar-refractivity contribution is 7.07. The first-order valence-electron chi connectivity index (χ1n) is 16.1. The smallest absolute Gasteiger partial charge is 0.213 e. The second kappa shape index (κ2) is 81.2. The predicted molar refractivity (Wildman–Crippen MR) is 220 cm³/mol. The van der Waals surface area contributed by atoms with Crippen LogP contribution < -0.4 is 0 Å². The summed E-state index contributed by atoms with van der Waals surface area (Å²) in [5.74, 6) is 0. The second-order valence-electron chi connectivity index (χ2n) is 5.04. The van der Waals surface area contributed by atoms with Crippen LogP contribution in [0.2, 0.25) is 0 Å². The number of hydrogen-bond donors (Lipinski definition) is 0. The number of aromatic nitrogens is 12. The van der Waals surface area contributed by atoms with Crippen molar-refractivity contribution in [2.24, 2.45) is 0 Å². The molecule has 53 heavy (non-hydrogen) atoms. The number of oxazole rings is 2. The van der Waals surface area contributed by atoms with Gasteiger partial charge in [0.15, 0.2) is 19.1 Å². The van der Waals surface area contributed by atoms with Gasteiger partial charge in [0.1, 0.15) is 30.6 Å². The highest BCUT2D eigenvalue weighted by Gasteiger charge is 1.64. The summed E-state index contributed by atoms with van der Waals surface area (Å²) >= 11 is 5.91. The third-order valence-electron chi connectivity index (χ3n) is 2.52. The molecule has 0 aliphatic heterocycles. The highest BCUT2D eigenvalue weighted by Crippen LogP contribution is 1.86. The Morgan fingerprint density at radius 2 is 1.00 bits per heavy atom. The van der Waals surface area contributed by atoms with Crippen LogP contribution in [0.25, 0.3) is 0 Å². The largest absolute Gasteiger partial charge is 0.452 e. The number of thiazole rings is 2. The van der Waals surface area contributed by atoms with Gasteiger partial charge in [-0.1, -0.05) is 100 Å². The van der Waals surface area contributed by atoms with E-state index in [-0.39, 0.29) is 7.43 Å². The molecule has 300 valence electrons. The SMILES string of the molecule is C.CC.CC.CC.CC.CC.CC.c1cocn1.c1cocn1.c1conn1.c1cscn1.c1cscn1.c1csnn1.c1ncon1.c1ncsn1. The molecule has 0 aliphatic carbocycles. The molecule has 0 N–H and O–H groups in total. The first kappa shape index (κ1) is 63.2. The summed E-state index contributed by atoms with van der Waals surface area (Å²) in [7, 11) is 0. The van der Waals surface area contributed by atoms with E-state index < -0.39 is 0 Å². The lowest BCUT2D eigenvalue weighted by Crippen LogP contribution is -1.53. The van der Waals surface area contributed by atoms with E-state index in [4.69, 9.17) is 0 Å². The van der Waals surface area contributed by atoms with Crippen LogP contribution in [-0.2, 0) is 0 Å². The molecule has 16 nitrogen and oxygen atoms in total. The van der Waals surface area contributed by atoms with Gasteiger partial charge < -0.3 is 17.9 Å². The Labute approximate surface area is 332 Å². The van der Waals surface area contributed by atoms with Crippen LogP contribution in [0.15, 0.2) is 138 Å². The van der Waals surface area contributed by atoms with Crippen molar-refractivity contribution in [1.29, 1.82) is 0 Å². The maximum absolute atomic E-state index is 4.47. The maximum Gasteiger partial charge on any atom is 0.213 e. The van der Waals surface area contributed by atoms with Crippen molar-refractivity contribution in [3.8, 4) is 0 Å². The van der Waals surface area contributed by atoms with Crippen molar-refractivity contribution < 1.29 is 17.9 Å². The van der Waals surface area contributed by atoms with Crippen molar-refractivity contribution in [1.82, 2.24) is 59.4 Å². The van der Waals surface area contributed by atoms with Gasteiger partial charge in [0, 0.05) is 33.8 Å². The molecule has 0 saturated carbocycles. The molecule has 0 bridgehead atoms. The molecule has 0 unspecified atom stereocenters. The van der Waals surface area contributed by atoms with Crippen LogP contribution in [0.1, 0.15) is 90.5 Å². The van der Waals surface area contributed by atoms with Crippen LogP contribution in [0.5, 0.6) is 0 Å². The maximum atomic E-state index is 4.47. The summed E-state index contributed by atoms with van der Waals surface area (Å²) in [5, 5.41) is 18.8. The average Bonchev–Trinajstić information content (AvgIpc) is 4.13. The monoisotopic (exact) mass is 816 g/mol. The van der Waals surface area contributed by atoms with E-state index >= 15 is 0 Å². The Bertz CT molecular complexity index is 845. The summed E-state index contributed by atoms with van der Waals surface area (Å²) < 4.78 is 24.6. The molecular formula is C33H60N12O4S4. The fourth-order valence-electron chi connectivity index (χ4n) is 1.25. The van der Waals surface area contributed by atoms with E-state index in [1.165, 1.54) is 79.9 Å². The lowest BCUT2D eigenvalue weighted by molar-refractivity contribution is 0.393. The topological polar surface area (TPSA) is 207 Å². The zero-order chi connectivity index (χ0) is 40.3. The van der Waals surface area contributed by atoms with Gasteiger partial charge in [-0.05, 0) is 23.1 Å². The minimum atomic E-state index is 0. The Kier molecular flexibility index (Phi) is 96.8. The molecule has 0 radical (unpaired) electrons. The van der Waals surface area contributed by atoms with Crippen molar-refractivity contribution in [2.45, 2.75) is 90.5 Å². The third kappa shape index (κ3) is 77.7. The molecule has 8 aromatic rings. The van der Waals surface area contributed by atoms with Crippen LogP contribution >= 0.6 is 45.7 Å². The van der Waals surface area contributed by atoms with Gasteiger partial charge in [0.05, 0.1) is 35.8 Å². The molecule has 8 heterocycles. The fourth-order valence-corrected chi connectivity index (χ4v) is 2.49. The number of nitrogens with zero attached hydrogens (tertiary/aromatic N) is 12. The minimum absolute atomic E-state index is 0. The molecule has 0 atom stereocenters. The number of rotatable bonds is 0. The highest BCUT2D eigenvalue weighted by atomic mass is 32.1. The van der Waals surface area contributed by atoms with Gasteiger partial charge in [-0.15, -0.1) is 32.9 Å². The van der Waals surface area contributed by atoms with Gasteiger partial charge in [-0.25, -0.2) is 19.9 Å². The quantitative estimate of drug-likeness (QED) is 0.139. The van der Waals surface area contributed by atoms with Crippen molar-refractivity contribution in [3.05, 3.63) is 120 Å². The molecule has 8 aromatic heterocycles. The molecule has 0 aliphatic rings. The molecule has 0 spiro atoms. The lowest BCUT2D eigenvalue weighted by Gasteiger charge is -1.47. The Morgan fingerprint density at radius 1 is 0.434 bits per heavy atom. The normalized spacial score (nSPS) is 6.72. The third-order valence-corrected chi connectivity index (χ3v) is 4.43. The zero-order valence-corrected chi connectivity index (χ0v) is 35.4. The molecule has 20 heteroatoms. The molecule has 0 saturated heterocycles. The minimum Gasteiger partial charge on any atom is -0.452 e. The van der Waals surface area contributed by atoms with E-state index in [0.717, 1.165) is 0 Å². The summed E-state index contributed by atoms with van der Waals surface area (Å²) in [5.41, 5.74) is 5.26. The van der Waals surface area contributed by atoms with Crippen LogP contribution in [-0.4, -0.2) is 59.4 Å². The summed E-state index contributed by atoms with van der Waals surface area (Å²) in [6.07, 6.45) is 21.1. The van der Waals surface area contributed by atoms with Gasteiger partial charge in [-0.2, -0.15) is 4.37 Å².